The van der Waals surface area contributed by atoms with E-state index < -0.39 is 0 Å². The number of carbonyl (C=O) groups is 1. The number of hydrogen-bond donors (Lipinski definition) is 1. The Bertz CT molecular complexity index is 610. The van der Waals surface area contributed by atoms with Gasteiger partial charge in [-0.1, -0.05) is 23.2 Å². The number of aromatic nitrogens is 2. The van der Waals surface area contributed by atoms with Crippen LogP contribution in [0.25, 0.3) is 0 Å². The van der Waals surface area contributed by atoms with Crippen molar-refractivity contribution in [2.24, 2.45) is 0 Å². The summed E-state index contributed by atoms with van der Waals surface area (Å²) < 4.78 is 5.27. The zero-order valence-electron chi connectivity index (χ0n) is 9.62. The molecule has 0 aromatic carbocycles. The van der Waals surface area contributed by atoms with E-state index >= 15 is 0 Å². The first-order chi connectivity index (χ1) is 8.49. The molecule has 7 heteroatoms. The first kappa shape index (κ1) is 12.9. The summed E-state index contributed by atoms with van der Waals surface area (Å²) >= 11 is 11.6. The normalized spacial score (nSPS) is 10.4. The van der Waals surface area contributed by atoms with Crippen LogP contribution in [-0.2, 0) is 0 Å². The van der Waals surface area contributed by atoms with Crippen LogP contribution in [0.1, 0.15) is 21.9 Å². The highest BCUT2D eigenvalue weighted by atomic mass is 35.5. The molecule has 0 atom stereocenters. The predicted octanol–water partition coefficient (Wildman–Crippen LogP) is 3.25. The SMILES string of the molecule is Cc1cc(C(=O)Nc2ncnc(Cl)c2Cl)c(C)o1. The van der Waals surface area contributed by atoms with E-state index in [-0.39, 0.29) is 21.9 Å². The van der Waals surface area contributed by atoms with Crippen molar-refractivity contribution in [3.8, 4) is 0 Å². The summed E-state index contributed by atoms with van der Waals surface area (Å²) in [5, 5.41) is 2.74. The number of furan rings is 1. The maximum atomic E-state index is 12.0. The molecule has 0 aliphatic carbocycles. The molecule has 5 nitrogen and oxygen atoms in total. The number of rotatable bonds is 2. The molecule has 0 saturated carbocycles. The molecule has 0 radical (unpaired) electrons. The molecule has 0 aliphatic rings. The van der Waals surface area contributed by atoms with E-state index in [2.05, 4.69) is 15.3 Å². The van der Waals surface area contributed by atoms with E-state index in [9.17, 15) is 4.79 Å². The van der Waals surface area contributed by atoms with E-state index in [0.29, 0.717) is 17.1 Å². The lowest BCUT2D eigenvalue weighted by Crippen LogP contribution is -2.13. The summed E-state index contributed by atoms with van der Waals surface area (Å²) in [6, 6.07) is 1.64. The Labute approximate surface area is 113 Å². The van der Waals surface area contributed by atoms with E-state index in [1.807, 2.05) is 0 Å². The monoisotopic (exact) mass is 285 g/mol. The van der Waals surface area contributed by atoms with Crippen LogP contribution in [0.4, 0.5) is 5.82 Å². The lowest BCUT2D eigenvalue weighted by molar-refractivity contribution is 0.102. The van der Waals surface area contributed by atoms with E-state index in [1.54, 1.807) is 19.9 Å². The second kappa shape index (κ2) is 4.96. The van der Waals surface area contributed by atoms with Crippen LogP contribution < -0.4 is 5.32 Å². The van der Waals surface area contributed by atoms with Crippen molar-refractivity contribution in [2.75, 3.05) is 5.32 Å². The molecule has 2 aromatic rings. The van der Waals surface area contributed by atoms with Gasteiger partial charge in [-0.25, -0.2) is 9.97 Å². The Morgan fingerprint density at radius 2 is 2.06 bits per heavy atom. The van der Waals surface area contributed by atoms with Crippen LogP contribution in [0.2, 0.25) is 10.2 Å². The van der Waals surface area contributed by atoms with E-state index in [4.69, 9.17) is 27.6 Å². The fourth-order valence-electron chi connectivity index (χ4n) is 1.47. The van der Waals surface area contributed by atoms with Crippen molar-refractivity contribution in [3.05, 3.63) is 39.7 Å². The van der Waals surface area contributed by atoms with Crippen molar-refractivity contribution in [1.29, 1.82) is 0 Å². The minimum Gasteiger partial charge on any atom is -0.466 e. The molecule has 0 bridgehead atoms. The van der Waals surface area contributed by atoms with Gasteiger partial charge >= 0.3 is 0 Å². The molecule has 1 N–H and O–H groups in total. The number of amides is 1. The first-order valence-corrected chi connectivity index (χ1v) is 5.79. The molecule has 94 valence electrons. The van der Waals surface area contributed by atoms with Crippen LogP contribution in [0.5, 0.6) is 0 Å². The fourth-order valence-corrected chi connectivity index (χ4v) is 1.74. The van der Waals surface area contributed by atoms with Crippen molar-refractivity contribution < 1.29 is 9.21 Å². The zero-order chi connectivity index (χ0) is 13.3. The largest absolute Gasteiger partial charge is 0.466 e. The Morgan fingerprint density at radius 3 is 2.67 bits per heavy atom. The average Bonchev–Trinajstić information content (AvgIpc) is 2.64. The van der Waals surface area contributed by atoms with Gasteiger partial charge in [0.05, 0.1) is 5.56 Å². The summed E-state index contributed by atoms with van der Waals surface area (Å²) in [5.41, 5.74) is 0.429. The van der Waals surface area contributed by atoms with Crippen LogP contribution in [0.15, 0.2) is 16.8 Å². The summed E-state index contributed by atoms with van der Waals surface area (Å²) in [6.45, 7) is 3.47. The molecule has 0 unspecified atom stereocenters. The van der Waals surface area contributed by atoms with Crippen LogP contribution >= 0.6 is 23.2 Å². The topological polar surface area (TPSA) is 68.0 Å². The van der Waals surface area contributed by atoms with Gasteiger partial charge in [0.25, 0.3) is 5.91 Å². The summed E-state index contributed by atoms with van der Waals surface area (Å²) in [4.78, 5) is 19.5. The average molecular weight is 286 g/mol. The van der Waals surface area contributed by atoms with Crippen molar-refractivity contribution >= 4 is 34.9 Å². The third kappa shape index (κ3) is 2.47. The van der Waals surface area contributed by atoms with Crippen LogP contribution in [0.3, 0.4) is 0 Å². The molecule has 0 saturated heterocycles. The molecule has 2 rings (SSSR count). The molecular formula is C11H9Cl2N3O2. The highest BCUT2D eigenvalue weighted by molar-refractivity contribution is 6.43. The maximum absolute atomic E-state index is 12.0. The molecule has 0 fully saturated rings. The van der Waals surface area contributed by atoms with Gasteiger partial charge in [-0.2, -0.15) is 0 Å². The fraction of sp³-hybridized carbons (Fsp3) is 0.182. The Hall–Kier alpha value is -1.59. The smallest absolute Gasteiger partial charge is 0.260 e. The Balaban J connectivity index is 2.27. The van der Waals surface area contributed by atoms with Crippen molar-refractivity contribution in [1.82, 2.24) is 9.97 Å². The van der Waals surface area contributed by atoms with Gasteiger partial charge in [-0.15, -0.1) is 0 Å². The molecule has 1 amide bonds. The highest BCUT2D eigenvalue weighted by Gasteiger charge is 2.16. The number of nitrogens with zero attached hydrogens (tertiary/aromatic N) is 2. The molecular weight excluding hydrogens is 277 g/mol. The first-order valence-electron chi connectivity index (χ1n) is 5.03. The standard InChI is InChI=1S/C11H9Cl2N3O2/c1-5-3-7(6(2)18-5)11(17)16-10-8(12)9(13)14-4-15-10/h3-4H,1-2H3,(H,14,15,16,17). The number of aryl methyl sites for hydroxylation is 2. The number of carbonyl (C=O) groups excluding carboxylic acids is 1. The molecule has 18 heavy (non-hydrogen) atoms. The van der Waals surface area contributed by atoms with Crippen molar-refractivity contribution in [3.63, 3.8) is 0 Å². The summed E-state index contributed by atoms with van der Waals surface area (Å²) in [7, 11) is 0. The highest BCUT2D eigenvalue weighted by Crippen LogP contribution is 2.26. The summed E-state index contributed by atoms with van der Waals surface area (Å²) in [5.74, 6) is 0.992. The number of anilines is 1. The number of nitrogens with one attached hydrogen (secondary N) is 1. The molecule has 2 heterocycles. The minimum atomic E-state index is -0.360. The van der Waals surface area contributed by atoms with Gasteiger partial charge in [0.2, 0.25) is 0 Å². The van der Waals surface area contributed by atoms with Crippen LogP contribution in [0, 0.1) is 13.8 Å². The number of halogens is 2. The third-order valence-corrected chi connectivity index (χ3v) is 3.01. The van der Waals surface area contributed by atoms with E-state index in [0.717, 1.165) is 0 Å². The Morgan fingerprint density at radius 1 is 1.33 bits per heavy atom. The predicted molar refractivity (Wildman–Crippen MR) is 68.2 cm³/mol. The molecule has 0 spiro atoms. The molecule has 2 aromatic heterocycles. The lowest BCUT2D eigenvalue weighted by Gasteiger charge is -2.05. The molecule has 0 aliphatic heterocycles. The van der Waals surface area contributed by atoms with Gasteiger partial charge in [0, 0.05) is 0 Å². The zero-order valence-corrected chi connectivity index (χ0v) is 11.1. The Kier molecular flexibility index (Phi) is 3.54. The third-order valence-electron chi connectivity index (χ3n) is 2.26. The maximum Gasteiger partial charge on any atom is 0.260 e. The van der Waals surface area contributed by atoms with Gasteiger partial charge < -0.3 is 9.73 Å². The van der Waals surface area contributed by atoms with Gasteiger partial charge in [-0.3, -0.25) is 4.79 Å². The summed E-state index contributed by atoms with van der Waals surface area (Å²) in [6.07, 6.45) is 1.22. The minimum absolute atomic E-state index is 0.0852. The second-order valence-corrected chi connectivity index (χ2v) is 4.34. The second-order valence-electron chi connectivity index (χ2n) is 3.61. The number of hydrogen-bond acceptors (Lipinski definition) is 4. The van der Waals surface area contributed by atoms with E-state index in [1.165, 1.54) is 6.33 Å². The van der Waals surface area contributed by atoms with Crippen LogP contribution in [-0.4, -0.2) is 15.9 Å². The quantitative estimate of drug-likeness (QED) is 0.860. The van der Waals surface area contributed by atoms with Gasteiger partial charge in [0.15, 0.2) is 11.0 Å². The van der Waals surface area contributed by atoms with Gasteiger partial charge in [-0.05, 0) is 19.9 Å². The van der Waals surface area contributed by atoms with Gasteiger partial charge in [0.1, 0.15) is 22.9 Å². The van der Waals surface area contributed by atoms with Crippen molar-refractivity contribution in [2.45, 2.75) is 13.8 Å². The lowest BCUT2D eigenvalue weighted by atomic mass is 10.2.